The zero-order valence-corrected chi connectivity index (χ0v) is 11.6. The van der Waals surface area contributed by atoms with Crippen LogP contribution in [0.5, 0.6) is 5.75 Å². The summed E-state index contributed by atoms with van der Waals surface area (Å²) in [5, 5.41) is 4.20. The Morgan fingerprint density at radius 3 is 2.64 bits per heavy atom. The Morgan fingerprint density at radius 1 is 1.14 bits per heavy atom. The van der Waals surface area contributed by atoms with Crippen molar-refractivity contribution in [1.82, 2.24) is 14.6 Å². The van der Waals surface area contributed by atoms with Crippen LogP contribution in [0, 0.1) is 0 Å². The summed E-state index contributed by atoms with van der Waals surface area (Å²) in [6.07, 6.45) is -2.75. The normalized spacial score (nSPS) is 11.8. The van der Waals surface area contributed by atoms with Crippen LogP contribution >= 0.6 is 0 Å². The van der Waals surface area contributed by atoms with Crippen LogP contribution < -0.4 is 4.74 Å². The van der Waals surface area contributed by atoms with Crippen molar-refractivity contribution < 1.29 is 17.9 Å². The summed E-state index contributed by atoms with van der Waals surface area (Å²) in [5.41, 5.74) is 0.0459. The highest BCUT2D eigenvalue weighted by molar-refractivity contribution is 5.41. The average molecular weight is 307 g/mol. The third-order valence-corrected chi connectivity index (χ3v) is 3.25. The van der Waals surface area contributed by atoms with Gasteiger partial charge in [0.05, 0.1) is 18.9 Å². The standard InChI is InChI=1S/C15H12F3N3O/c1-22-11-6-7-14-19-13(20-21(14)9-11)8-10-4-2-3-5-12(10)15(16,17)18/h2-7,9H,8H2,1H3. The van der Waals surface area contributed by atoms with E-state index in [1.165, 1.54) is 23.8 Å². The summed E-state index contributed by atoms with van der Waals surface area (Å²) >= 11 is 0. The molecule has 114 valence electrons. The molecule has 0 aliphatic heterocycles. The van der Waals surface area contributed by atoms with E-state index in [0.717, 1.165) is 6.07 Å². The minimum absolute atomic E-state index is 0.0136. The number of hydrogen-bond acceptors (Lipinski definition) is 3. The molecule has 0 N–H and O–H groups in total. The first kappa shape index (κ1) is 14.4. The number of rotatable bonds is 3. The zero-order chi connectivity index (χ0) is 15.7. The molecule has 1 aromatic carbocycles. The van der Waals surface area contributed by atoms with Crippen LogP contribution in [0.3, 0.4) is 0 Å². The van der Waals surface area contributed by atoms with Gasteiger partial charge in [0.1, 0.15) is 5.75 Å². The van der Waals surface area contributed by atoms with E-state index in [2.05, 4.69) is 10.1 Å². The minimum Gasteiger partial charge on any atom is -0.495 e. The summed E-state index contributed by atoms with van der Waals surface area (Å²) < 4.78 is 45.5. The van der Waals surface area contributed by atoms with Gasteiger partial charge in [-0.05, 0) is 23.8 Å². The van der Waals surface area contributed by atoms with Crippen LogP contribution in [-0.4, -0.2) is 21.7 Å². The molecule has 0 saturated heterocycles. The largest absolute Gasteiger partial charge is 0.495 e. The van der Waals surface area contributed by atoms with Crippen molar-refractivity contribution in [1.29, 1.82) is 0 Å². The van der Waals surface area contributed by atoms with Crippen molar-refractivity contribution in [3.05, 3.63) is 59.5 Å². The van der Waals surface area contributed by atoms with Crippen LogP contribution in [0.4, 0.5) is 13.2 Å². The van der Waals surface area contributed by atoms with Gasteiger partial charge in [0.25, 0.3) is 0 Å². The molecule has 0 unspecified atom stereocenters. The number of halogens is 3. The van der Waals surface area contributed by atoms with E-state index in [-0.39, 0.29) is 12.0 Å². The molecule has 2 heterocycles. The first-order chi connectivity index (χ1) is 10.5. The zero-order valence-electron chi connectivity index (χ0n) is 11.6. The van der Waals surface area contributed by atoms with Gasteiger partial charge in [0.2, 0.25) is 0 Å². The third-order valence-electron chi connectivity index (χ3n) is 3.25. The van der Waals surface area contributed by atoms with Gasteiger partial charge in [0.15, 0.2) is 11.5 Å². The molecule has 7 heteroatoms. The maximum atomic E-state index is 13.0. The summed E-state index contributed by atoms with van der Waals surface area (Å²) in [6.45, 7) is 0. The summed E-state index contributed by atoms with van der Waals surface area (Å²) in [6, 6.07) is 8.86. The second kappa shape index (κ2) is 5.32. The first-order valence-corrected chi connectivity index (χ1v) is 6.52. The molecule has 0 radical (unpaired) electrons. The maximum absolute atomic E-state index is 13.0. The molecule has 2 aromatic heterocycles. The number of ether oxygens (including phenoxy) is 1. The van der Waals surface area contributed by atoms with Crippen molar-refractivity contribution in [3.8, 4) is 5.75 Å². The van der Waals surface area contributed by atoms with Crippen molar-refractivity contribution in [3.63, 3.8) is 0 Å². The lowest BCUT2D eigenvalue weighted by Gasteiger charge is -2.11. The molecule has 0 amide bonds. The number of alkyl halides is 3. The predicted molar refractivity (Wildman–Crippen MR) is 73.8 cm³/mol. The highest BCUT2D eigenvalue weighted by Gasteiger charge is 2.33. The fraction of sp³-hybridized carbons (Fsp3) is 0.200. The van der Waals surface area contributed by atoms with Gasteiger partial charge in [0, 0.05) is 6.42 Å². The van der Waals surface area contributed by atoms with E-state index in [9.17, 15) is 13.2 Å². The highest BCUT2D eigenvalue weighted by Crippen LogP contribution is 2.32. The van der Waals surface area contributed by atoms with Crippen LogP contribution in [0.2, 0.25) is 0 Å². The number of aromatic nitrogens is 3. The van der Waals surface area contributed by atoms with Crippen molar-refractivity contribution >= 4 is 5.65 Å². The molecule has 0 spiro atoms. The number of nitrogens with zero attached hydrogens (tertiary/aromatic N) is 3. The van der Waals surface area contributed by atoms with E-state index >= 15 is 0 Å². The van der Waals surface area contributed by atoms with E-state index in [4.69, 9.17) is 4.74 Å². The molecule has 0 fully saturated rings. The summed E-state index contributed by atoms with van der Waals surface area (Å²) in [4.78, 5) is 4.24. The fourth-order valence-electron chi connectivity index (χ4n) is 2.23. The lowest BCUT2D eigenvalue weighted by atomic mass is 10.0. The molecule has 22 heavy (non-hydrogen) atoms. The number of benzene rings is 1. The fourth-order valence-corrected chi connectivity index (χ4v) is 2.23. The molecule has 0 saturated carbocycles. The Labute approximate surface area is 124 Å². The second-order valence-corrected chi connectivity index (χ2v) is 4.73. The van der Waals surface area contributed by atoms with Gasteiger partial charge in [-0.2, -0.15) is 18.3 Å². The van der Waals surface area contributed by atoms with E-state index in [1.807, 2.05) is 0 Å². The second-order valence-electron chi connectivity index (χ2n) is 4.73. The Morgan fingerprint density at radius 2 is 1.91 bits per heavy atom. The molecule has 0 aliphatic rings. The lowest BCUT2D eigenvalue weighted by Crippen LogP contribution is -2.09. The average Bonchev–Trinajstić information content (AvgIpc) is 2.87. The predicted octanol–water partition coefficient (Wildman–Crippen LogP) is 3.35. The number of pyridine rings is 1. The summed E-state index contributed by atoms with van der Waals surface area (Å²) in [5.74, 6) is 0.921. The lowest BCUT2D eigenvalue weighted by molar-refractivity contribution is -0.138. The molecule has 0 atom stereocenters. The van der Waals surface area contributed by atoms with Crippen LogP contribution in [-0.2, 0) is 12.6 Å². The number of fused-ring (bicyclic) bond motifs is 1. The Bertz CT molecular complexity index is 811. The number of methoxy groups -OCH3 is 1. The molecule has 3 rings (SSSR count). The van der Waals surface area contributed by atoms with Gasteiger partial charge in [-0.15, -0.1) is 0 Å². The smallest absolute Gasteiger partial charge is 0.416 e. The Balaban J connectivity index is 1.97. The molecular weight excluding hydrogens is 295 g/mol. The van der Waals surface area contributed by atoms with Gasteiger partial charge < -0.3 is 4.74 Å². The van der Waals surface area contributed by atoms with Crippen LogP contribution in [0.15, 0.2) is 42.6 Å². The third kappa shape index (κ3) is 2.74. The van der Waals surface area contributed by atoms with E-state index < -0.39 is 11.7 Å². The quantitative estimate of drug-likeness (QED) is 0.745. The molecule has 0 aliphatic carbocycles. The minimum atomic E-state index is -4.39. The molecular formula is C15H12F3N3O. The summed E-state index contributed by atoms with van der Waals surface area (Å²) in [7, 11) is 1.53. The van der Waals surface area contributed by atoms with Gasteiger partial charge >= 0.3 is 6.18 Å². The first-order valence-electron chi connectivity index (χ1n) is 6.52. The van der Waals surface area contributed by atoms with E-state index in [1.54, 1.807) is 24.4 Å². The number of hydrogen-bond donors (Lipinski definition) is 0. The maximum Gasteiger partial charge on any atom is 0.416 e. The van der Waals surface area contributed by atoms with Crippen molar-refractivity contribution in [2.24, 2.45) is 0 Å². The molecule has 3 aromatic rings. The topological polar surface area (TPSA) is 39.4 Å². The highest BCUT2D eigenvalue weighted by atomic mass is 19.4. The van der Waals surface area contributed by atoms with Gasteiger partial charge in [-0.1, -0.05) is 18.2 Å². The van der Waals surface area contributed by atoms with Crippen LogP contribution in [0.25, 0.3) is 5.65 Å². The SMILES string of the molecule is COc1ccc2nc(Cc3ccccc3C(F)(F)F)nn2c1. The van der Waals surface area contributed by atoms with Crippen molar-refractivity contribution in [2.75, 3.05) is 7.11 Å². The molecule has 4 nitrogen and oxygen atoms in total. The van der Waals surface area contributed by atoms with E-state index in [0.29, 0.717) is 17.2 Å². The Hall–Kier alpha value is -2.57. The van der Waals surface area contributed by atoms with Crippen molar-refractivity contribution in [2.45, 2.75) is 12.6 Å². The molecule has 0 bridgehead atoms. The monoisotopic (exact) mass is 307 g/mol. The van der Waals surface area contributed by atoms with Gasteiger partial charge in [-0.3, -0.25) is 0 Å². The Kier molecular flexibility index (Phi) is 3.48. The van der Waals surface area contributed by atoms with Crippen LogP contribution in [0.1, 0.15) is 17.0 Å². The van der Waals surface area contributed by atoms with Gasteiger partial charge in [-0.25, -0.2) is 9.50 Å².